The predicted molar refractivity (Wildman–Crippen MR) is 131 cm³/mol. The first kappa shape index (κ1) is 22.7. The molecule has 4 heterocycles. The monoisotopic (exact) mass is 492 g/mol. The first-order valence-electron chi connectivity index (χ1n) is 11.2. The van der Waals surface area contributed by atoms with E-state index in [9.17, 15) is 14.4 Å². The Hall–Kier alpha value is -4.06. The van der Waals surface area contributed by atoms with Crippen molar-refractivity contribution in [1.82, 2.24) is 24.6 Å². The minimum atomic E-state index is -0.687. The van der Waals surface area contributed by atoms with Gasteiger partial charge in [-0.2, -0.15) is 4.37 Å². The van der Waals surface area contributed by atoms with Crippen LogP contribution in [0.2, 0.25) is 0 Å². The van der Waals surface area contributed by atoms with Crippen molar-refractivity contribution < 1.29 is 14.4 Å². The SMILES string of the molecule is Cc1cc(Nc2nc(N3CCCC(NC(=O)N4Cc5ccccc5C4=O)C3)cnc2C(N)=O)sn1. The number of aryl methyl sites for hydroxylation is 1. The molecule has 1 fully saturated rings. The van der Waals surface area contributed by atoms with Crippen LogP contribution in [-0.4, -0.2) is 56.2 Å². The van der Waals surface area contributed by atoms with E-state index in [1.165, 1.54) is 22.6 Å². The van der Waals surface area contributed by atoms with Crippen molar-refractivity contribution in [1.29, 1.82) is 0 Å². The summed E-state index contributed by atoms with van der Waals surface area (Å²) in [7, 11) is 0. The number of carbonyl (C=O) groups is 3. The highest BCUT2D eigenvalue weighted by Gasteiger charge is 2.33. The van der Waals surface area contributed by atoms with Crippen LogP contribution >= 0.6 is 11.5 Å². The summed E-state index contributed by atoms with van der Waals surface area (Å²) < 4.78 is 4.22. The Morgan fingerprint density at radius 2 is 2.09 bits per heavy atom. The predicted octanol–water partition coefficient (Wildman–Crippen LogP) is 2.42. The molecular formula is C23H24N8O3S. The maximum atomic E-state index is 12.9. The zero-order valence-electron chi connectivity index (χ0n) is 19.0. The molecule has 3 aromatic rings. The van der Waals surface area contributed by atoms with Gasteiger partial charge in [-0.15, -0.1) is 0 Å². The minimum absolute atomic E-state index is 0.0359. The van der Waals surface area contributed by atoms with Crippen molar-refractivity contribution in [3.63, 3.8) is 0 Å². The second-order valence-corrected chi connectivity index (χ2v) is 9.34. The molecule has 4 amide bonds. The highest BCUT2D eigenvalue weighted by atomic mass is 32.1. The topological polar surface area (TPSA) is 146 Å². The van der Waals surface area contributed by atoms with Crippen molar-refractivity contribution in [2.45, 2.75) is 32.4 Å². The number of amides is 4. The Bertz CT molecular complexity index is 1310. The zero-order chi connectivity index (χ0) is 24.5. The van der Waals surface area contributed by atoms with E-state index in [4.69, 9.17) is 5.73 Å². The lowest BCUT2D eigenvalue weighted by Gasteiger charge is -2.34. The number of primary amides is 1. The molecule has 2 aliphatic heterocycles. The molecule has 0 aliphatic carbocycles. The number of piperidine rings is 1. The smallest absolute Gasteiger partial charge is 0.324 e. The number of nitrogens with one attached hydrogen (secondary N) is 2. The van der Waals surface area contributed by atoms with Gasteiger partial charge in [0.15, 0.2) is 11.5 Å². The van der Waals surface area contributed by atoms with E-state index >= 15 is 0 Å². The van der Waals surface area contributed by atoms with Gasteiger partial charge in [0.25, 0.3) is 11.8 Å². The van der Waals surface area contributed by atoms with Gasteiger partial charge in [-0.1, -0.05) is 18.2 Å². The molecule has 1 atom stereocenters. The average molecular weight is 493 g/mol. The summed E-state index contributed by atoms with van der Waals surface area (Å²) >= 11 is 1.25. The molecule has 11 nitrogen and oxygen atoms in total. The van der Waals surface area contributed by atoms with Crippen molar-refractivity contribution in [2.24, 2.45) is 5.73 Å². The highest BCUT2D eigenvalue weighted by molar-refractivity contribution is 7.10. The summed E-state index contributed by atoms with van der Waals surface area (Å²) in [6, 6.07) is 8.50. The molecule has 1 unspecified atom stereocenters. The van der Waals surface area contributed by atoms with Gasteiger partial charge in [-0.05, 0) is 49.0 Å². The number of hydrogen-bond donors (Lipinski definition) is 3. The Kier molecular flexibility index (Phi) is 6.03. The molecule has 1 aromatic carbocycles. The molecule has 2 aromatic heterocycles. The molecule has 0 radical (unpaired) electrons. The van der Waals surface area contributed by atoms with Crippen LogP contribution in [0.5, 0.6) is 0 Å². The fraction of sp³-hybridized carbons (Fsp3) is 0.304. The number of imide groups is 1. The van der Waals surface area contributed by atoms with E-state index in [2.05, 4.69) is 25.0 Å². The van der Waals surface area contributed by atoms with E-state index in [1.54, 1.807) is 12.1 Å². The van der Waals surface area contributed by atoms with Crippen LogP contribution in [0.25, 0.3) is 0 Å². The summed E-state index contributed by atoms with van der Waals surface area (Å²) in [6.45, 7) is 3.34. The number of benzene rings is 1. The number of urea groups is 1. The van der Waals surface area contributed by atoms with Gasteiger partial charge in [0, 0.05) is 24.7 Å². The van der Waals surface area contributed by atoms with E-state index in [0.717, 1.165) is 29.1 Å². The number of carbonyl (C=O) groups excluding carboxylic acids is 3. The normalized spacial score (nSPS) is 17.3. The molecule has 0 spiro atoms. The van der Waals surface area contributed by atoms with Gasteiger partial charge in [0.05, 0.1) is 18.4 Å². The Labute approximate surface area is 205 Å². The second-order valence-electron chi connectivity index (χ2n) is 8.53. The number of anilines is 3. The number of hydrogen-bond acceptors (Lipinski definition) is 9. The lowest BCUT2D eigenvalue weighted by molar-refractivity contribution is 0.0817. The molecule has 1 saturated heterocycles. The van der Waals surface area contributed by atoms with Gasteiger partial charge in [-0.25, -0.2) is 14.8 Å². The minimum Gasteiger partial charge on any atom is -0.364 e. The van der Waals surface area contributed by atoms with E-state index in [1.807, 2.05) is 30.0 Å². The van der Waals surface area contributed by atoms with Gasteiger partial charge >= 0.3 is 6.03 Å². The van der Waals surface area contributed by atoms with Crippen molar-refractivity contribution in [3.8, 4) is 0 Å². The van der Waals surface area contributed by atoms with Crippen LogP contribution in [0.3, 0.4) is 0 Å². The van der Waals surface area contributed by atoms with Gasteiger partial charge in [0.2, 0.25) is 0 Å². The summed E-state index contributed by atoms with van der Waals surface area (Å²) in [5.74, 6) is -0.159. The largest absolute Gasteiger partial charge is 0.364 e. The third kappa shape index (κ3) is 4.64. The number of nitrogens with two attached hydrogens (primary N) is 1. The number of fused-ring (bicyclic) bond motifs is 1. The lowest BCUT2D eigenvalue weighted by Crippen LogP contribution is -2.52. The van der Waals surface area contributed by atoms with E-state index in [0.29, 0.717) is 24.5 Å². The summed E-state index contributed by atoms with van der Waals surface area (Å²) in [4.78, 5) is 49.5. The average Bonchev–Trinajstić information content (AvgIpc) is 3.41. The third-order valence-electron chi connectivity index (χ3n) is 6.00. The van der Waals surface area contributed by atoms with Gasteiger partial charge < -0.3 is 21.3 Å². The van der Waals surface area contributed by atoms with Crippen LogP contribution in [-0.2, 0) is 6.54 Å². The van der Waals surface area contributed by atoms with Gasteiger partial charge in [-0.3, -0.25) is 14.5 Å². The molecule has 12 heteroatoms. The first-order chi connectivity index (χ1) is 16.9. The summed E-state index contributed by atoms with van der Waals surface area (Å²) in [5.41, 5.74) is 7.78. The van der Waals surface area contributed by atoms with Crippen molar-refractivity contribution >= 4 is 46.0 Å². The Morgan fingerprint density at radius 1 is 1.26 bits per heavy atom. The third-order valence-corrected chi connectivity index (χ3v) is 6.80. The zero-order valence-corrected chi connectivity index (χ0v) is 19.8. The molecule has 5 rings (SSSR count). The maximum Gasteiger partial charge on any atom is 0.324 e. The standard InChI is InChI=1S/C23H24N8O3S/c1-13-9-18(35-29-13)28-21-19(20(24)32)25-10-17(27-21)30-8-4-6-15(12-30)26-23(34)31-11-14-5-2-3-7-16(14)22(31)33/h2-3,5,7,9-10,15H,4,6,8,11-12H2,1H3,(H2,24,32)(H,26,34)(H,27,28). The van der Waals surface area contributed by atoms with Crippen LogP contribution in [0.4, 0.5) is 21.4 Å². The second kappa shape index (κ2) is 9.29. The van der Waals surface area contributed by atoms with E-state index < -0.39 is 11.9 Å². The van der Waals surface area contributed by atoms with Crippen molar-refractivity contribution in [2.75, 3.05) is 23.3 Å². The lowest BCUT2D eigenvalue weighted by atomic mass is 10.1. The van der Waals surface area contributed by atoms with Crippen LogP contribution in [0, 0.1) is 6.92 Å². The molecule has 2 aliphatic rings. The molecule has 180 valence electrons. The maximum absolute atomic E-state index is 12.9. The summed E-state index contributed by atoms with van der Waals surface area (Å²) in [6.07, 6.45) is 3.10. The van der Waals surface area contributed by atoms with Crippen LogP contribution in [0.15, 0.2) is 36.5 Å². The number of nitrogens with zero attached hydrogens (tertiary/aromatic N) is 5. The fourth-order valence-electron chi connectivity index (χ4n) is 4.31. The number of rotatable bonds is 5. The quantitative estimate of drug-likeness (QED) is 0.492. The van der Waals surface area contributed by atoms with Crippen LogP contribution < -0.4 is 21.3 Å². The summed E-state index contributed by atoms with van der Waals surface area (Å²) in [5, 5.41) is 6.80. The molecule has 35 heavy (non-hydrogen) atoms. The molecule has 0 saturated carbocycles. The number of aromatic nitrogens is 3. The van der Waals surface area contributed by atoms with Crippen LogP contribution in [0.1, 0.15) is 44.9 Å². The highest BCUT2D eigenvalue weighted by Crippen LogP contribution is 2.26. The first-order valence-corrected chi connectivity index (χ1v) is 12.0. The molecule has 0 bridgehead atoms. The molecular weight excluding hydrogens is 468 g/mol. The van der Waals surface area contributed by atoms with E-state index in [-0.39, 0.29) is 30.0 Å². The van der Waals surface area contributed by atoms with Gasteiger partial charge in [0.1, 0.15) is 10.8 Å². The Balaban J connectivity index is 1.29. The van der Waals surface area contributed by atoms with Crippen molar-refractivity contribution in [3.05, 3.63) is 59.0 Å². The molecule has 4 N–H and O–H groups in total. The fourth-order valence-corrected chi connectivity index (χ4v) is 4.97. The Morgan fingerprint density at radius 3 is 2.83 bits per heavy atom.